The Hall–Kier alpha value is -1.32. The molecule has 1 rings (SSSR count). The molecule has 0 fully saturated rings. The summed E-state index contributed by atoms with van der Waals surface area (Å²) in [7, 11) is -2.93. The molecule has 124 valence electrons. The number of alkyl halides is 3. The summed E-state index contributed by atoms with van der Waals surface area (Å²) in [5.74, 6) is -0.509. The third-order valence-electron chi connectivity index (χ3n) is 2.63. The largest absolute Gasteiger partial charge is 0.469 e. The van der Waals surface area contributed by atoms with Crippen LogP contribution in [0.15, 0.2) is 23.1 Å². The normalized spacial score (nSPS) is 12.2. The van der Waals surface area contributed by atoms with E-state index in [-0.39, 0.29) is 19.4 Å². The summed E-state index contributed by atoms with van der Waals surface area (Å²) in [5, 5.41) is -0.586. The number of sulfonamides is 1. The summed E-state index contributed by atoms with van der Waals surface area (Å²) in [6.07, 6.45) is -4.60. The third-order valence-corrected chi connectivity index (χ3v) is 4.42. The van der Waals surface area contributed by atoms with Crippen LogP contribution in [0.4, 0.5) is 13.2 Å². The summed E-state index contributed by atoms with van der Waals surface area (Å²) in [6, 6.07) is 2.30. The van der Waals surface area contributed by atoms with Gasteiger partial charge in [0.05, 0.1) is 22.6 Å². The average Bonchev–Trinajstić information content (AvgIpc) is 2.42. The minimum absolute atomic E-state index is 0.00651. The fourth-order valence-electron chi connectivity index (χ4n) is 1.51. The molecule has 0 amide bonds. The number of hydrogen-bond donors (Lipinski definition) is 1. The first-order valence-electron chi connectivity index (χ1n) is 6.01. The van der Waals surface area contributed by atoms with Gasteiger partial charge in [-0.2, -0.15) is 13.2 Å². The smallest absolute Gasteiger partial charge is 0.417 e. The van der Waals surface area contributed by atoms with E-state index >= 15 is 0 Å². The van der Waals surface area contributed by atoms with Gasteiger partial charge in [0, 0.05) is 13.0 Å². The number of carbonyl (C=O) groups excluding carboxylic acids is 1. The van der Waals surface area contributed by atoms with Gasteiger partial charge in [0.2, 0.25) is 10.0 Å². The summed E-state index contributed by atoms with van der Waals surface area (Å²) < 4.78 is 68.4. The van der Waals surface area contributed by atoms with Crippen LogP contribution >= 0.6 is 11.6 Å². The minimum Gasteiger partial charge on any atom is -0.469 e. The highest BCUT2D eigenvalue weighted by molar-refractivity contribution is 7.89. The molecule has 0 bridgehead atoms. The van der Waals surface area contributed by atoms with Crippen molar-refractivity contribution < 1.29 is 31.1 Å². The Morgan fingerprint density at radius 2 is 2.00 bits per heavy atom. The highest BCUT2D eigenvalue weighted by atomic mass is 35.5. The monoisotopic (exact) mass is 359 g/mol. The molecule has 0 heterocycles. The van der Waals surface area contributed by atoms with Gasteiger partial charge in [-0.25, -0.2) is 13.1 Å². The van der Waals surface area contributed by atoms with Crippen molar-refractivity contribution >= 4 is 27.6 Å². The number of esters is 1. The van der Waals surface area contributed by atoms with E-state index in [1.807, 2.05) is 0 Å². The molecule has 22 heavy (non-hydrogen) atoms. The zero-order chi connectivity index (χ0) is 17.0. The number of hydrogen-bond acceptors (Lipinski definition) is 4. The molecular weight excluding hydrogens is 347 g/mol. The van der Waals surface area contributed by atoms with E-state index in [0.717, 1.165) is 12.1 Å². The van der Waals surface area contributed by atoms with Crippen molar-refractivity contribution in [2.45, 2.75) is 23.9 Å². The van der Waals surface area contributed by atoms with Crippen molar-refractivity contribution in [2.75, 3.05) is 13.7 Å². The Morgan fingerprint density at radius 1 is 1.36 bits per heavy atom. The third kappa shape index (κ3) is 5.15. The molecule has 10 heteroatoms. The summed E-state index contributed by atoms with van der Waals surface area (Å²) in [5.41, 5.74) is -1.23. The molecule has 1 aromatic carbocycles. The summed E-state index contributed by atoms with van der Waals surface area (Å²) >= 11 is 5.42. The molecule has 0 saturated heterocycles. The van der Waals surface area contributed by atoms with E-state index in [1.54, 1.807) is 0 Å². The molecule has 5 nitrogen and oxygen atoms in total. The van der Waals surface area contributed by atoms with Crippen LogP contribution in [-0.4, -0.2) is 28.0 Å². The van der Waals surface area contributed by atoms with Gasteiger partial charge in [0.15, 0.2) is 0 Å². The number of carbonyl (C=O) groups is 1. The summed E-state index contributed by atoms with van der Waals surface area (Å²) in [4.78, 5) is 10.3. The molecule has 0 aliphatic carbocycles. The lowest BCUT2D eigenvalue weighted by Crippen LogP contribution is -2.25. The van der Waals surface area contributed by atoms with Gasteiger partial charge in [0.25, 0.3) is 0 Å². The second-order valence-electron chi connectivity index (χ2n) is 4.22. The maximum atomic E-state index is 12.7. The molecule has 1 N–H and O–H groups in total. The van der Waals surface area contributed by atoms with Gasteiger partial charge in [0.1, 0.15) is 0 Å². The van der Waals surface area contributed by atoms with E-state index in [9.17, 15) is 26.4 Å². The van der Waals surface area contributed by atoms with Crippen molar-refractivity contribution in [3.8, 4) is 0 Å². The van der Waals surface area contributed by atoms with Crippen LogP contribution < -0.4 is 4.72 Å². The lowest BCUT2D eigenvalue weighted by atomic mass is 10.2. The molecule has 1 aromatic rings. The zero-order valence-electron chi connectivity index (χ0n) is 11.4. The molecular formula is C12H13ClF3NO4S. The van der Waals surface area contributed by atoms with Gasteiger partial charge in [-0.15, -0.1) is 0 Å². The Kier molecular flexibility index (Phi) is 6.21. The number of rotatable bonds is 6. The highest BCUT2D eigenvalue weighted by Gasteiger charge is 2.34. The first-order chi connectivity index (χ1) is 10.1. The van der Waals surface area contributed by atoms with E-state index < -0.39 is 37.7 Å². The zero-order valence-corrected chi connectivity index (χ0v) is 13.0. The quantitative estimate of drug-likeness (QED) is 0.626. The predicted octanol–water partition coefficient (Wildman–Crippen LogP) is 2.59. The average molecular weight is 360 g/mol. The van der Waals surface area contributed by atoms with Crippen molar-refractivity contribution in [2.24, 2.45) is 0 Å². The molecule has 0 aliphatic heterocycles. The molecule has 0 spiro atoms. The maximum absolute atomic E-state index is 12.7. The SMILES string of the molecule is COC(=O)CCCNS(=O)(=O)c1ccc(Cl)c(C(F)(F)F)c1. The first-order valence-corrected chi connectivity index (χ1v) is 7.87. The van der Waals surface area contributed by atoms with Gasteiger partial charge in [-0.1, -0.05) is 11.6 Å². The van der Waals surface area contributed by atoms with Gasteiger partial charge < -0.3 is 4.74 Å². The molecule has 0 saturated carbocycles. The first kappa shape index (κ1) is 18.7. The second kappa shape index (κ2) is 7.30. The lowest BCUT2D eigenvalue weighted by Gasteiger charge is -2.12. The molecule has 0 aliphatic rings. The Balaban J connectivity index is 2.84. The van der Waals surface area contributed by atoms with Gasteiger partial charge in [-0.05, 0) is 24.6 Å². The van der Waals surface area contributed by atoms with Crippen molar-refractivity contribution in [1.82, 2.24) is 4.72 Å². The predicted molar refractivity (Wildman–Crippen MR) is 72.9 cm³/mol. The summed E-state index contributed by atoms with van der Waals surface area (Å²) in [6.45, 7) is -0.110. The van der Waals surface area contributed by atoms with Crippen molar-refractivity contribution in [1.29, 1.82) is 0 Å². The number of benzene rings is 1. The fraction of sp³-hybridized carbons (Fsp3) is 0.417. The van der Waals surface area contributed by atoms with Crippen LogP contribution in [0, 0.1) is 0 Å². The van der Waals surface area contributed by atoms with Crippen molar-refractivity contribution in [3.05, 3.63) is 28.8 Å². The van der Waals surface area contributed by atoms with Crippen LogP contribution in [0.1, 0.15) is 18.4 Å². The highest BCUT2D eigenvalue weighted by Crippen LogP contribution is 2.35. The van der Waals surface area contributed by atoms with Gasteiger partial charge >= 0.3 is 12.1 Å². The van der Waals surface area contributed by atoms with E-state index in [2.05, 4.69) is 9.46 Å². The van der Waals surface area contributed by atoms with E-state index in [1.165, 1.54) is 7.11 Å². The Bertz CT molecular complexity index is 646. The molecule has 0 radical (unpaired) electrons. The molecule has 0 unspecified atom stereocenters. The number of ether oxygens (including phenoxy) is 1. The standard InChI is InChI=1S/C12H13ClF3NO4S/c1-21-11(18)3-2-6-17-22(19,20)8-4-5-10(13)9(7-8)12(14,15)16/h4-5,7,17H,2-3,6H2,1H3. The van der Waals surface area contributed by atoms with Crippen LogP contribution in [0.25, 0.3) is 0 Å². The topological polar surface area (TPSA) is 72.5 Å². The van der Waals surface area contributed by atoms with E-state index in [0.29, 0.717) is 6.07 Å². The number of methoxy groups -OCH3 is 1. The lowest BCUT2D eigenvalue weighted by molar-refractivity contribution is -0.140. The molecule has 0 atom stereocenters. The minimum atomic E-state index is -4.76. The maximum Gasteiger partial charge on any atom is 0.417 e. The molecule has 0 aromatic heterocycles. The van der Waals surface area contributed by atoms with Crippen LogP contribution in [-0.2, 0) is 25.7 Å². The van der Waals surface area contributed by atoms with Crippen LogP contribution in [0.5, 0.6) is 0 Å². The van der Waals surface area contributed by atoms with Crippen LogP contribution in [0.2, 0.25) is 5.02 Å². The van der Waals surface area contributed by atoms with Crippen LogP contribution in [0.3, 0.4) is 0 Å². The number of halogens is 4. The Morgan fingerprint density at radius 3 is 2.55 bits per heavy atom. The Labute approximate surface area is 130 Å². The number of nitrogens with one attached hydrogen (secondary N) is 1. The van der Waals surface area contributed by atoms with Gasteiger partial charge in [-0.3, -0.25) is 4.79 Å². The van der Waals surface area contributed by atoms with Crippen molar-refractivity contribution in [3.63, 3.8) is 0 Å². The second-order valence-corrected chi connectivity index (χ2v) is 6.39. The fourth-order valence-corrected chi connectivity index (χ4v) is 2.84. The van der Waals surface area contributed by atoms with E-state index in [4.69, 9.17) is 11.6 Å².